The Labute approximate surface area is 202 Å². The lowest BCUT2D eigenvalue weighted by molar-refractivity contribution is -0.384. The van der Waals surface area contributed by atoms with Crippen LogP contribution in [0, 0.1) is 10.1 Å². The first kappa shape index (κ1) is 25.9. The molecule has 0 atom stereocenters. The summed E-state index contributed by atoms with van der Waals surface area (Å²) in [6, 6.07) is 3.55. The van der Waals surface area contributed by atoms with E-state index >= 15 is 0 Å². The largest absolute Gasteiger partial charge is 0.454 e. The van der Waals surface area contributed by atoms with E-state index in [1.165, 1.54) is 18.6 Å². The van der Waals surface area contributed by atoms with Gasteiger partial charge in [-0.2, -0.15) is 0 Å². The highest BCUT2D eigenvalue weighted by atomic mass is 35.5. The Bertz CT molecular complexity index is 915. The van der Waals surface area contributed by atoms with Crippen molar-refractivity contribution in [3.8, 4) is 0 Å². The van der Waals surface area contributed by atoms with Gasteiger partial charge in [-0.1, -0.05) is 30.9 Å². The van der Waals surface area contributed by atoms with Crippen LogP contribution in [0.5, 0.6) is 0 Å². The molecule has 0 unspecified atom stereocenters. The lowest BCUT2D eigenvalue weighted by atomic mass is 9.79. The number of esters is 1. The topological polar surface area (TPSA) is 140 Å². The van der Waals surface area contributed by atoms with Crippen molar-refractivity contribution < 1.29 is 28.8 Å². The van der Waals surface area contributed by atoms with Gasteiger partial charge < -0.3 is 20.1 Å². The smallest absolute Gasteiger partial charge is 0.325 e. The number of amides is 2. The van der Waals surface area contributed by atoms with E-state index in [9.17, 15) is 24.5 Å². The normalized spacial score (nSPS) is 18.0. The number of morpholine rings is 1. The molecule has 3 rings (SSSR count). The number of hydrogen-bond acceptors (Lipinski definition) is 8. The van der Waals surface area contributed by atoms with Crippen molar-refractivity contribution in [2.75, 3.05) is 46.0 Å². The number of nitrogens with one attached hydrogen (secondary N) is 2. The van der Waals surface area contributed by atoms with Gasteiger partial charge in [0.15, 0.2) is 6.61 Å². The fourth-order valence-corrected chi connectivity index (χ4v) is 4.60. The average Bonchev–Trinajstić information content (AvgIpc) is 2.86. The summed E-state index contributed by atoms with van der Waals surface area (Å²) in [5.41, 5.74) is -0.541. The maximum atomic E-state index is 12.3. The number of nitrogens with zero attached hydrogens (tertiary/aromatic N) is 2. The summed E-state index contributed by atoms with van der Waals surface area (Å²) in [5, 5.41) is 16.1. The molecule has 1 aromatic carbocycles. The molecule has 12 heteroatoms. The van der Waals surface area contributed by atoms with Crippen molar-refractivity contribution in [1.29, 1.82) is 0 Å². The minimum absolute atomic E-state index is 0.0254. The fourth-order valence-electron chi connectivity index (χ4n) is 4.41. The lowest BCUT2D eigenvalue weighted by Crippen LogP contribution is -2.59. The minimum Gasteiger partial charge on any atom is -0.454 e. The number of nitro benzene ring substituents is 1. The summed E-state index contributed by atoms with van der Waals surface area (Å²) in [6.45, 7) is 2.57. The van der Waals surface area contributed by atoms with E-state index in [-0.39, 0.29) is 16.1 Å². The molecule has 2 aliphatic rings. The first-order valence-corrected chi connectivity index (χ1v) is 11.7. The van der Waals surface area contributed by atoms with Gasteiger partial charge in [0.2, 0.25) is 0 Å². The number of ether oxygens (including phenoxy) is 2. The Morgan fingerprint density at radius 2 is 1.85 bits per heavy atom. The highest BCUT2D eigenvalue weighted by molar-refractivity contribution is 6.32. The molecule has 186 valence electrons. The molecule has 1 aliphatic carbocycles. The number of halogens is 1. The van der Waals surface area contributed by atoms with Gasteiger partial charge >= 0.3 is 5.97 Å². The van der Waals surface area contributed by atoms with Gasteiger partial charge in [0.05, 0.1) is 18.1 Å². The molecule has 2 fully saturated rings. The molecule has 1 saturated carbocycles. The third-order valence-electron chi connectivity index (χ3n) is 6.24. The van der Waals surface area contributed by atoms with Crippen LogP contribution < -0.4 is 10.6 Å². The zero-order valence-electron chi connectivity index (χ0n) is 18.8. The second kappa shape index (κ2) is 12.1. The Kier molecular flexibility index (Phi) is 9.20. The minimum atomic E-state index is -0.799. The maximum Gasteiger partial charge on any atom is 0.325 e. The molecule has 1 saturated heterocycles. The summed E-state index contributed by atoms with van der Waals surface area (Å²) < 4.78 is 10.4. The van der Waals surface area contributed by atoms with Gasteiger partial charge in [0, 0.05) is 36.8 Å². The SMILES string of the molecule is O=C(COC(=O)CNC(=O)c1ccc(Cl)c([N+](=O)[O-])c1)NCC1(N2CCOCC2)CCCCC1. The molecule has 0 bridgehead atoms. The van der Waals surface area contributed by atoms with Crippen LogP contribution in [0.2, 0.25) is 5.02 Å². The van der Waals surface area contributed by atoms with E-state index in [0.717, 1.165) is 44.8 Å². The summed E-state index contributed by atoms with van der Waals surface area (Å²) in [4.78, 5) is 49.1. The first-order valence-electron chi connectivity index (χ1n) is 11.3. The van der Waals surface area contributed by atoms with Crippen molar-refractivity contribution >= 4 is 35.1 Å². The number of carbonyl (C=O) groups excluding carboxylic acids is 3. The quantitative estimate of drug-likeness (QED) is 0.299. The number of hydrogen-bond donors (Lipinski definition) is 2. The van der Waals surface area contributed by atoms with Crippen LogP contribution >= 0.6 is 11.6 Å². The number of rotatable bonds is 9. The van der Waals surface area contributed by atoms with E-state index in [1.807, 2.05) is 0 Å². The van der Waals surface area contributed by atoms with E-state index in [4.69, 9.17) is 21.1 Å². The van der Waals surface area contributed by atoms with E-state index in [1.54, 1.807) is 0 Å². The van der Waals surface area contributed by atoms with Crippen LogP contribution in [0.25, 0.3) is 0 Å². The predicted octanol–water partition coefficient (Wildman–Crippen LogP) is 1.67. The van der Waals surface area contributed by atoms with Crippen molar-refractivity contribution in [2.24, 2.45) is 0 Å². The van der Waals surface area contributed by atoms with Crippen LogP contribution in [0.3, 0.4) is 0 Å². The van der Waals surface area contributed by atoms with Crippen molar-refractivity contribution in [1.82, 2.24) is 15.5 Å². The maximum absolute atomic E-state index is 12.3. The van der Waals surface area contributed by atoms with Crippen molar-refractivity contribution in [2.45, 2.75) is 37.6 Å². The Morgan fingerprint density at radius 3 is 2.53 bits per heavy atom. The monoisotopic (exact) mass is 496 g/mol. The van der Waals surface area contributed by atoms with Gasteiger partial charge in [0.25, 0.3) is 17.5 Å². The molecular formula is C22H29ClN4O7. The summed E-state index contributed by atoms with van der Waals surface area (Å²) in [5.74, 6) is -1.91. The Hall–Kier alpha value is -2.76. The average molecular weight is 497 g/mol. The Balaban J connectivity index is 1.43. The van der Waals surface area contributed by atoms with Crippen molar-refractivity contribution in [3.63, 3.8) is 0 Å². The second-order valence-electron chi connectivity index (χ2n) is 8.43. The number of carbonyl (C=O) groups is 3. The zero-order chi connectivity index (χ0) is 24.6. The summed E-state index contributed by atoms with van der Waals surface area (Å²) >= 11 is 5.73. The van der Waals surface area contributed by atoms with Gasteiger partial charge in [-0.15, -0.1) is 0 Å². The third-order valence-corrected chi connectivity index (χ3v) is 6.56. The van der Waals surface area contributed by atoms with E-state index in [0.29, 0.717) is 19.8 Å². The fraction of sp³-hybridized carbons (Fsp3) is 0.591. The van der Waals surface area contributed by atoms with Crippen LogP contribution in [0.15, 0.2) is 18.2 Å². The summed E-state index contributed by atoms with van der Waals surface area (Å²) in [7, 11) is 0. The van der Waals surface area contributed by atoms with Crippen LogP contribution in [-0.4, -0.2) is 79.1 Å². The molecule has 34 heavy (non-hydrogen) atoms. The van der Waals surface area contributed by atoms with Crippen LogP contribution in [0.1, 0.15) is 42.5 Å². The number of benzene rings is 1. The van der Waals surface area contributed by atoms with Crippen LogP contribution in [-0.2, 0) is 19.1 Å². The lowest BCUT2D eigenvalue weighted by Gasteiger charge is -2.48. The second-order valence-corrected chi connectivity index (χ2v) is 8.84. The van der Waals surface area contributed by atoms with Gasteiger partial charge in [0.1, 0.15) is 11.6 Å². The molecule has 1 aromatic rings. The molecule has 0 aromatic heterocycles. The molecule has 1 heterocycles. The molecule has 1 aliphatic heterocycles. The highest BCUT2D eigenvalue weighted by Gasteiger charge is 2.38. The highest BCUT2D eigenvalue weighted by Crippen LogP contribution is 2.33. The van der Waals surface area contributed by atoms with Gasteiger partial charge in [-0.3, -0.25) is 29.4 Å². The third kappa shape index (κ3) is 6.87. The molecule has 0 radical (unpaired) electrons. The zero-order valence-corrected chi connectivity index (χ0v) is 19.6. The van der Waals surface area contributed by atoms with Crippen molar-refractivity contribution in [3.05, 3.63) is 38.9 Å². The predicted molar refractivity (Wildman–Crippen MR) is 123 cm³/mol. The molecule has 0 spiro atoms. The standard InChI is InChI=1S/C22H29ClN4O7/c23-17-5-4-16(12-18(17)27(31)32)21(30)24-13-20(29)34-14-19(28)25-15-22(6-2-1-3-7-22)26-8-10-33-11-9-26/h4-5,12H,1-3,6-11,13-15H2,(H,24,30)(H,25,28). The number of nitro groups is 1. The molecule has 2 amide bonds. The molecule has 11 nitrogen and oxygen atoms in total. The van der Waals surface area contributed by atoms with Crippen LogP contribution in [0.4, 0.5) is 5.69 Å². The van der Waals surface area contributed by atoms with E-state index < -0.39 is 41.5 Å². The molecule has 2 N–H and O–H groups in total. The summed E-state index contributed by atoms with van der Waals surface area (Å²) in [6.07, 6.45) is 5.41. The Morgan fingerprint density at radius 1 is 1.15 bits per heavy atom. The van der Waals surface area contributed by atoms with Gasteiger partial charge in [-0.25, -0.2) is 0 Å². The first-order chi connectivity index (χ1) is 16.3. The van der Waals surface area contributed by atoms with E-state index in [2.05, 4.69) is 15.5 Å². The van der Waals surface area contributed by atoms with Gasteiger partial charge in [-0.05, 0) is 25.0 Å². The molecular weight excluding hydrogens is 468 g/mol.